The average molecular weight is 261 g/mol. The van der Waals surface area contributed by atoms with Gasteiger partial charge in [0.1, 0.15) is 0 Å². The van der Waals surface area contributed by atoms with Crippen molar-refractivity contribution < 1.29 is 4.79 Å². The molecule has 2 N–H and O–H groups in total. The maximum atomic E-state index is 11.9. The highest BCUT2D eigenvalue weighted by Crippen LogP contribution is 2.13. The van der Waals surface area contributed by atoms with Gasteiger partial charge in [-0.05, 0) is 31.5 Å². The lowest BCUT2D eigenvalue weighted by Gasteiger charge is -2.26. The molecule has 1 aliphatic heterocycles. The second-order valence-electron chi connectivity index (χ2n) is 5.06. The average Bonchev–Trinajstić information content (AvgIpc) is 2.43. The fraction of sp³-hybridized carbons (Fsp3) is 0.533. The summed E-state index contributed by atoms with van der Waals surface area (Å²) in [5, 5.41) is 6.31. The zero-order valence-corrected chi connectivity index (χ0v) is 11.6. The van der Waals surface area contributed by atoms with Crippen LogP contribution < -0.4 is 10.6 Å². The van der Waals surface area contributed by atoms with Gasteiger partial charge < -0.3 is 15.5 Å². The number of piperazine rings is 1. The number of aryl methyl sites for hydroxylation is 1. The number of carbonyl (C=O) groups is 1. The fourth-order valence-electron chi connectivity index (χ4n) is 2.32. The standard InChI is InChI=1S/C15H23N3O/c1-13-5-2-3-6-14(13)17-15(19)7-4-10-18-11-8-16-9-12-18/h2-3,5-6,16H,4,7-12H2,1H3,(H,17,19). The maximum absolute atomic E-state index is 11.9. The Hall–Kier alpha value is -1.39. The first-order chi connectivity index (χ1) is 9.25. The molecule has 1 aromatic carbocycles. The van der Waals surface area contributed by atoms with Crippen molar-refractivity contribution in [3.8, 4) is 0 Å². The van der Waals surface area contributed by atoms with Gasteiger partial charge in [0.15, 0.2) is 0 Å². The molecule has 0 radical (unpaired) electrons. The van der Waals surface area contributed by atoms with E-state index in [4.69, 9.17) is 0 Å². The van der Waals surface area contributed by atoms with Crippen LogP contribution in [0.25, 0.3) is 0 Å². The number of amides is 1. The van der Waals surface area contributed by atoms with Crippen molar-refractivity contribution in [3.05, 3.63) is 29.8 Å². The molecule has 4 heteroatoms. The van der Waals surface area contributed by atoms with Crippen LogP contribution in [0.1, 0.15) is 18.4 Å². The first-order valence-electron chi connectivity index (χ1n) is 7.04. The Morgan fingerprint density at radius 2 is 2.05 bits per heavy atom. The smallest absolute Gasteiger partial charge is 0.224 e. The minimum Gasteiger partial charge on any atom is -0.326 e. The molecular formula is C15H23N3O. The Balaban J connectivity index is 1.68. The van der Waals surface area contributed by atoms with Crippen LogP contribution in [0.2, 0.25) is 0 Å². The zero-order chi connectivity index (χ0) is 13.5. The van der Waals surface area contributed by atoms with Gasteiger partial charge in [0.05, 0.1) is 0 Å². The van der Waals surface area contributed by atoms with E-state index in [-0.39, 0.29) is 5.91 Å². The quantitative estimate of drug-likeness (QED) is 0.846. The molecule has 0 aromatic heterocycles. The third kappa shape index (κ3) is 4.65. The van der Waals surface area contributed by atoms with Gasteiger partial charge in [0.25, 0.3) is 0 Å². The topological polar surface area (TPSA) is 44.4 Å². The molecule has 1 fully saturated rings. The SMILES string of the molecule is Cc1ccccc1NC(=O)CCCN1CCNCC1. The van der Waals surface area contributed by atoms with Crippen molar-refractivity contribution in [1.82, 2.24) is 10.2 Å². The second kappa shape index (κ2) is 7.26. The van der Waals surface area contributed by atoms with Crippen LogP contribution in [0.5, 0.6) is 0 Å². The number of para-hydroxylation sites is 1. The van der Waals surface area contributed by atoms with Gasteiger partial charge in [-0.3, -0.25) is 4.79 Å². The van der Waals surface area contributed by atoms with Crippen LogP contribution in [0, 0.1) is 6.92 Å². The van der Waals surface area contributed by atoms with Crippen LogP contribution in [-0.2, 0) is 4.79 Å². The summed E-state index contributed by atoms with van der Waals surface area (Å²) in [5.41, 5.74) is 2.03. The van der Waals surface area contributed by atoms with Gasteiger partial charge >= 0.3 is 0 Å². The van der Waals surface area contributed by atoms with Crippen LogP contribution in [0.4, 0.5) is 5.69 Å². The van der Waals surface area contributed by atoms with E-state index < -0.39 is 0 Å². The van der Waals surface area contributed by atoms with Crippen LogP contribution in [0.3, 0.4) is 0 Å². The molecule has 104 valence electrons. The van der Waals surface area contributed by atoms with Crippen molar-refractivity contribution in [2.45, 2.75) is 19.8 Å². The van der Waals surface area contributed by atoms with Crippen molar-refractivity contribution >= 4 is 11.6 Å². The number of carbonyl (C=O) groups excluding carboxylic acids is 1. The number of benzene rings is 1. The Bertz CT molecular complexity index is 414. The molecule has 2 rings (SSSR count). The Morgan fingerprint density at radius 1 is 1.32 bits per heavy atom. The van der Waals surface area contributed by atoms with E-state index in [0.29, 0.717) is 6.42 Å². The summed E-state index contributed by atoms with van der Waals surface area (Å²) in [6.07, 6.45) is 1.52. The summed E-state index contributed by atoms with van der Waals surface area (Å²) >= 11 is 0. The highest BCUT2D eigenvalue weighted by Gasteiger charge is 2.10. The van der Waals surface area contributed by atoms with E-state index in [0.717, 1.165) is 50.4 Å². The van der Waals surface area contributed by atoms with Crippen LogP contribution in [0.15, 0.2) is 24.3 Å². The van der Waals surface area contributed by atoms with Gasteiger partial charge in [-0.1, -0.05) is 18.2 Å². The Kier molecular flexibility index (Phi) is 5.36. The van der Waals surface area contributed by atoms with E-state index in [9.17, 15) is 4.79 Å². The van der Waals surface area contributed by atoms with E-state index in [1.165, 1.54) is 0 Å². The minimum atomic E-state index is 0.115. The molecule has 1 amide bonds. The lowest BCUT2D eigenvalue weighted by molar-refractivity contribution is -0.116. The molecule has 1 aromatic rings. The van der Waals surface area contributed by atoms with Gasteiger partial charge in [-0.25, -0.2) is 0 Å². The van der Waals surface area contributed by atoms with E-state index >= 15 is 0 Å². The van der Waals surface area contributed by atoms with Gasteiger partial charge in [0.2, 0.25) is 5.91 Å². The molecule has 4 nitrogen and oxygen atoms in total. The molecule has 0 atom stereocenters. The largest absolute Gasteiger partial charge is 0.326 e. The molecule has 0 aliphatic carbocycles. The molecule has 19 heavy (non-hydrogen) atoms. The zero-order valence-electron chi connectivity index (χ0n) is 11.6. The molecule has 1 heterocycles. The molecule has 0 bridgehead atoms. The molecule has 1 aliphatic rings. The predicted molar refractivity (Wildman–Crippen MR) is 78.4 cm³/mol. The normalized spacial score (nSPS) is 16.3. The van der Waals surface area contributed by atoms with Gasteiger partial charge in [-0.2, -0.15) is 0 Å². The third-order valence-corrected chi connectivity index (χ3v) is 3.51. The highest BCUT2D eigenvalue weighted by molar-refractivity contribution is 5.91. The van der Waals surface area contributed by atoms with E-state index in [1.54, 1.807) is 0 Å². The second-order valence-corrected chi connectivity index (χ2v) is 5.06. The first-order valence-corrected chi connectivity index (χ1v) is 7.04. The van der Waals surface area contributed by atoms with Gasteiger partial charge in [0, 0.05) is 38.3 Å². The summed E-state index contributed by atoms with van der Waals surface area (Å²) in [6.45, 7) is 7.35. The van der Waals surface area contributed by atoms with Crippen LogP contribution >= 0.6 is 0 Å². The van der Waals surface area contributed by atoms with Gasteiger partial charge in [-0.15, -0.1) is 0 Å². The number of rotatable bonds is 5. The number of hydrogen-bond acceptors (Lipinski definition) is 3. The Morgan fingerprint density at radius 3 is 2.79 bits per heavy atom. The Labute approximate surface area is 115 Å². The lowest BCUT2D eigenvalue weighted by atomic mass is 10.2. The molecule has 0 unspecified atom stereocenters. The summed E-state index contributed by atoms with van der Waals surface area (Å²) in [6, 6.07) is 7.89. The van der Waals surface area contributed by atoms with Crippen molar-refractivity contribution in [1.29, 1.82) is 0 Å². The molecule has 1 saturated heterocycles. The summed E-state index contributed by atoms with van der Waals surface area (Å²) < 4.78 is 0. The van der Waals surface area contributed by atoms with Crippen molar-refractivity contribution in [2.24, 2.45) is 0 Å². The third-order valence-electron chi connectivity index (χ3n) is 3.51. The van der Waals surface area contributed by atoms with Crippen LogP contribution in [-0.4, -0.2) is 43.5 Å². The number of nitrogens with one attached hydrogen (secondary N) is 2. The summed E-state index contributed by atoms with van der Waals surface area (Å²) in [7, 11) is 0. The van der Waals surface area contributed by atoms with Crippen molar-refractivity contribution in [3.63, 3.8) is 0 Å². The van der Waals surface area contributed by atoms with E-state index in [1.807, 2.05) is 31.2 Å². The minimum absolute atomic E-state index is 0.115. The number of anilines is 1. The van der Waals surface area contributed by atoms with Crippen molar-refractivity contribution in [2.75, 3.05) is 38.0 Å². The fourth-order valence-corrected chi connectivity index (χ4v) is 2.32. The number of hydrogen-bond donors (Lipinski definition) is 2. The molecular weight excluding hydrogens is 238 g/mol. The summed E-state index contributed by atoms with van der Waals surface area (Å²) in [4.78, 5) is 14.3. The van der Waals surface area contributed by atoms with E-state index in [2.05, 4.69) is 15.5 Å². The number of nitrogens with zero attached hydrogens (tertiary/aromatic N) is 1. The first kappa shape index (κ1) is 14.0. The monoisotopic (exact) mass is 261 g/mol. The predicted octanol–water partition coefficient (Wildman–Crippen LogP) is 1.62. The summed E-state index contributed by atoms with van der Waals surface area (Å²) in [5.74, 6) is 0.115. The molecule has 0 spiro atoms. The lowest BCUT2D eigenvalue weighted by Crippen LogP contribution is -2.43. The molecule has 0 saturated carbocycles. The maximum Gasteiger partial charge on any atom is 0.224 e. The highest BCUT2D eigenvalue weighted by atomic mass is 16.1.